The molecule has 156 valence electrons. The van der Waals surface area contributed by atoms with Gasteiger partial charge in [-0.1, -0.05) is 44.6 Å². The van der Waals surface area contributed by atoms with E-state index in [2.05, 4.69) is 31.1 Å². The van der Waals surface area contributed by atoms with Crippen LogP contribution in [0.15, 0.2) is 36.4 Å². The number of hydrogen-bond acceptors (Lipinski definition) is 3. The van der Waals surface area contributed by atoms with Crippen LogP contribution in [-0.2, 0) is 16.0 Å². The van der Waals surface area contributed by atoms with Crippen molar-refractivity contribution in [3.05, 3.63) is 42.0 Å². The lowest BCUT2D eigenvalue weighted by molar-refractivity contribution is -0.146. The highest BCUT2D eigenvalue weighted by molar-refractivity contribution is 5.89. The van der Waals surface area contributed by atoms with E-state index in [1.807, 2.05) is 24.3 Å². The molecule has 3 aliphatic rings. The number of anilines is 1. The Labute approximate surface area is 173 Å². The summed E-state index contributed by atoms with van der Waals surface area (Å²) in [5.41, 5.74) is 2.55. The quantitative estimate of drug-likeness (QED) is 0.573. The van der Waals surface area contributed by atoms with Gasteiger partial charge in [0.25, 0.3) is 0 Å². The second-order valence-corrected chi connectivity index (χ2v) is 9.47. The number of fused-ring (bicyclic) bond motifs is 1. The lowest BCUT2D eigenvalue weighted by Crippen LogP contribution is -2.47. The molecule has 0 radical (unpaired) electrons. The van der Waals surface area contributed by atoms with Crippen molar-refractivity contribution in [2.45, 2.75) is 58.4 Å². The standard InChI is InChI=1S/C24H32N2O3/c1-15-11-19-14-29-22(27)24(19,12-15)13-18-7-9-20(10-8-18)25-23(28)26-21-16(2)5-4-6-17(21)3/h7-10,16-17,19,21H,1,4-6,11-14H2,2-3H3,(H2,25,26,28). The van der Waals surface area contributed by atoms with Crippen molar-refractivity contribution in [1.82, 2.24) is 5.32 Å². The van der Waals surface area contributed by atoms with E-state index >= 15 is 0 Å². The van der Waals surface area contributed by atoms with Crippen molar-refractivity contribution in [3.8, 4) is 0 Å². The molecule has 0 spiro atoms. The number of amides is 2. The van der Waals surface area contributed by atoms with Gasteiger partial charge < -0.3 is 15.4 Å². The average molecular weight is 397 g/mol. The zero-order valence-electron chi connectivity index (χ0n) is 17.5. The van der Waals surface area contributed by atoms with E-state index in [4.69, 9.17) is 4.74 Å². The number of allylic oxidation sites excluding steroid dienone is 1. The first-order chi connectivity index (χ1) is 13.9. The van der Waals surface area contributed by atoms with Gasteiger partial charge in [-0.2, -0.15) is 0 Å². The highest BCUT2D eigenvalue weighted by atomic mass is 16.5. The Hall–Kier alpha value is -2.30. The van der Waals surface area contributed by atoms with Crippen molar-refractivity contribution in [3.63, 3.8) is 0 Å². The molecule has 5 nitrogen and oxygen atoms in total. The van der Waals surface area contributed by atoms with Gasteiger partial charge in [0.2, 0.25) is 0 Å². The molecule has 1 saturated heterocycles. The van der Waals surface area contributed by atoms with Crippen LogP contribution in [0.4, 0.5) is 10.5 Å². The Bertz CT molecular complexity index is 793. The van der Waals surface area contributed by atoms with Gasteiger partial charge in [0.15, 0.2) is 0 Å². The summed E-state index contributed by atoms with van der Waals surface area (Å²) in [4.78, 5) is 24.9. The highest BCUT2D eigenvalue weighted by Gasteiger charge is 2.55. The van der Waals surface area contributed by atoms with E-state index in [9.17, 15) is 9.59 Å². The Morgan fingerprint density at radius 3 is 2.59 bits per heavy atom. The lowest BCUT2D eigenvalue weighted by Gasteiger charge is -2.35. The molecule has 2 N–H and O–H groups in total. The van der Waals surface area contributed by atoms with Crippen molar-refractivity contribution in [2.75, 3.05) is 11.9 Å². The van der Waals surface area contributed by atoms with Crippen LogP contribution in [0, 0.1) is 23.2 Å². The van der Waals surface area contributed by atoms with Gasteiger partial charge in [-0.25, -0.2) is 4.79 Å². The molecule has 1 aromatic carbocycles. The van der Waals surface area contributed by atoms with Crippen LogP contribution in [0.1, 0.15) is 51.5 Å². The van der Waals surface area contributed by atoms with E-state index in [1.54, 1.807) is 0 Å². The fourth-order valence-corrected chi connectivity index (χ4v) is 5.62. The number of carbonyl (C=O) groups excluding carboxylic acids is 2. The summed E-state index contributed by atoms with van der Waals surface area (Å²) in [6.45, 7) is 9.04. The molecule has 0 aromatic heterocycles. The molecular formula is C24H32N2O3. The number of benzene rings is 1. The zero-order chi connectivity index (χ0) is 20.6. The second kappa shape index (κ2) is 7.85. The SMILES string of the molecule is C=C1CC2COC(=O)C2(Cc2ccc(NC(=O)NC3C(C)CCCC3C)cc2)C1. The monoisotopic (exact) mass is 396 g/mol. The van der Waals surface area contributed by atoms with Crippen LogP contribution in [0.25, 0.3) is 0 Å². The van der Waals surface area contributed by atoms with E-state index < -0.39 is 5.41 Å². The first kappa shape index (κ1) is 20.0. The Kier molecular flexibility index (Phi) is 5.41. The Balaban J connectivity index is 1.37. The molecular weight excluding hydrogens is 364 g/mol. The van der Waals surface area contributed by atoms with Gasteiger partial charge in [-0.3, -0.25) is 4.79 Å². The predicted molar refractivity (Wildman–Crippen MR) is 114 cm³/mol. The van der Waals surface area contributed by atoms with Gasteiger partial charge in [-0.15, -0.1) is 0 Å². The summed E-state index contributed by atoms with van der Waals surface area (Å²) in [6.07, 6.45) is 5.84. The number of ether oxygens (including phenoxy) is 1. The third-order valence-corrected chi connectivity index (χ3v) is 7.28. The molecule has 2 saturated carbocycles. The van der Waals surface area contributed by atoms with Gasteiger partial charge >= 0.3 is 12.0 Å². The summed E-state index contributed by atoms with van der Waals surface area (Å²) >= 11 is 0. The predicted octanol–water partition coefficient (Wildman–Crippen LogP) is 4.68. The van der Waals surface area contributed by atoms with Crippen molar-refractivity contribution in [1.29, 1.82) is 0 Å². The molecule has 5 heteroatoms. The van der Waals surface area contributed by atoms with Crippen LogP contribution in [0.5, 0.6) is 0 Å². The second-order valence-electron chi connectivity index (χ2n) is 9.47. The maximum atomic E-state index is 12.5. The van der Waals surface area contributed by atoms with E-state index in [0.717, 1.165) is 29.7 Å². The number of nitrogens with one attached hydrogen (secondary N) is 2. The summed E-state index contributed by atoms with van der Waals surface area (Å²) in [7, 11) is 0. The largest absolute Gasteiger partial charge is 0.465 e. The van der Waals surface area contributed by atoms with Crippen molar-refractivity contribution in [2.24, 2.45) is 23.2 Å². The van der Waals surface area contributed by atoms with Crippen LogP contribution >= 0.6 is 0 Å². The summed E-state index contributed by atoms with van der Waals surface area (Å²) < 4.78 is 5.36. The van der Waals surface area contributed by atoms with Crippen molar-refractivity contribution >= 4 is 17.7 Å². The number of hydrogen-bond donors (Lipinski definition) is 2. The van der Waals surface area contributed by atoms with Crippen LogP contribution in [0.2, 0.25) is 0 Å². The van der Waals surface area contributed by atoms with Gasteiger partial charge in [0, 0.05) is 17.6 Å². The van der Waals surface area contributed by atoms with Crippen molar-refractivity contribution < 1.29 is 14.3 Å². The lowest BCUT2D eigenvalue weighted by atomic mass is 9.75. The van der Waals surface area contributed by atoms with E-state index in [-0.39, 0.29) is 24.0 Å². The Morgan fingerprint density at radius 1 is 1.21 bits per heavy atom. The first-order valence-electron chi connectivity index (χ1n) is 10.9. The molecule has 1 heterocycles. The van der Waals surface area contributed by atoms with Gasteiger partial charge in [0.05, 0.1) is 12.0 Å². The molecule has 29 heavy (non-hydrogen) atoms. The minimum absolute atomic E-state index is 0.0848. The molecule has 1 aromatic rings. The number of cyclic esters (lactones) is 1. The first-order valence-corrected chi connectivity index (χ1v) is 10.9. The maximum absolute atomic E-state index is 12.5. The third-order valence-electron chi connectivity index (χ3n) is 7.28. The smallest absolute Gasteiger partial charge is 0.319 e. The minimum atomic E-state index is -0.448. The summed E-state index contributed by atoms with van der Waals surface area (Å²) in [6, 6.07) is 7.91. The molecule has 2 amide bonds. The maximum Gasteiger partial charge on any atom is 0.319 e. The van der Waals surface area contributed by atoms with Gasteiger partial charge in [-0.05, 0) is 61.6 Å². The minimum Gasteiger partial charge on any atom is -0.465 e. The number of carbonyl (C=O) groups is 2. The molecule has 4 rings (SSSR count). The molecule has 4 unspecified atom stereocenters. The highest BCUT2D eigenvalue weighted by Crippen LogP contribution is 2.52. The zero-order valence-corrected chi connectivity index (χ0v) is 17.5. The molecule has 2 aliphatic carbocycles. The fraction of sp³-hybridized carbons (Fsp3) is 0.583. The van der Waals surface area contributed by atoms with E-state index in [0.29, 0.717) is 24.9 Å². The van der Waals surface area contributed by atoms with E-state index in [1.165, 1.54) is 19.3 Å². The average Bonchev–Trinajstić information content (AvgIpc) is 3.14. The summed E-state index contributed by atoms with van der Waals surface area (Å²) in [5.74, 6) is 1.17. The normalized spacial score (nSPS) is 33.9. The van der Waals surface area contributed by atoms with Gasteiger partial charge in [0.1, 0.15) is 0 Å². The summed E-state index contributed by atoms with van der Waals surface area (Å²) in [5, 5.41) is 6.12. The number of rotatable bonds is 4. The fourth-order valence-electron chi connectivity index (χ4n) is 5.62. The van der Waals surface area contributed by atoms with Crippen LogP contribution < -0.4 is 10.6 Å². The van der Waals surface area contributed by atoms with Crippen LogP contribution in [0.3, 0.4) is 0 Å². The molecule has 1 aliphatic heterocycles. The number of urea groups is 1. The molecule has 0 bridgehead atoms. The van der Waals surface area contributed by atoms with Crippen LogP contribution in [-0.4, -0.2) is 24.6 Å². The third kappa shape index (κ3) is 3.92. The molecule has 4 atom stereocenters. The Morgan fingerprint density at radius 2 is 1.90 bits per heavy atom. The topological polar surface area (TPSA) is 67.4 Å². The molecule has 3 fully saturated rings. The number of esters is 1.